The molecular weight excluding hydrogens is 274 g/mol. The summed E-state index contributed by atoms with van der Waals surface area (Å²) in [5, 5.41) is 3.03. The first-order valence-corrected chi connectivity index (χ1v) is 6.27. The standard InChI is InChI=1S/C12H13ClF2N4/c1-3-8-18-10-7(5-16-11(13)9(10)15)12(19-8)17-6(2)4-14/h5-6H,3-4H2,1-2H3,(H,17,18,19). The van der Waals surface area contributed by atoms with Gasteiger partial charge in [-0.1, -0.05) is 18.5 Å². The molecule has 0 saturated heterocycles. The molecule has 1 N–H and O–H groups in total. The smallest absolute Gasteiger partial charge is 0.186 e. The van der Waals surface area contributed by atoms with Crippen molar-refractivity contribution >= 4 is 28.3 Å². The maximum Gasteiger partial charge on any atom is 0.186 e. The number of halogens is 3. The van der Waals surface area contributed by atoms with Gasteiger partial charge < -0.3 is 5.32 Å². The molecule has 4 nitrogen and oxygen atoms in total. The van der Waals surface area contributed by atoms with Crippen molar-refractivity contribution in [3.63, 3.8) is 0 Å². The van der Waals surface area contributed by atoms with E-state index in [0.717, 1.165) is 0 Å². The van der Waals surface area contributed by atoms with Crippen LogP contribution in [0.3, 0.4) is 0 Å². The van der Waals surface area contributed by atoms with Crippen molar-refractivity contribution in [1.82, 2.24) is 15.0 Å². The van der Waals surface area contributed by atoms with Crippen LogP contribution in [0, 0.1) is 5.82 Å². The summed E-state index contributed by atoms with van der Waals surface area (Å²) in [6.45, 7) is 2.96. The quantitative estimate of drug-likeness (QED) is 0.877. The van der Waals surface area contributed by atoms with Crippen LogP contribution in [0.25, 0.3) is 10.9 Å². The second-order valence-corrected chi connectivity index (χ2v) is 4.52. The summed E-state index contributed by atoms with van der Waals surface area (Å²) in [6.07, 6.45) is 1.92. The van der Waals surface area contributed by atoms with Crippen molar-refractivity contribution in [1.29, 1.82) is 0 Å². The SMILES string of the molecule is CCc1nc(NC(C)CF)c2cnc(Cl)c(F)c2n1. The molecule has 0 saturated carbocycles. The topological polar surface area (TPSA) is 50.7 Å². The van der Waals surface area contributed by atoms with Crippen molar-refractivity contribution in [3.05, 3.63) is 23.0 Å². The van der Waals surface area contributed by atoms with Crippen molar-refractivity contribution in [2.45, 2.75) is 26.3 Å². The predicted molar refractivity (Wildman–Crippen MR) is 70.7 cm³/mol. The number of aryl methyl sites for hydroxylation is 1. The Labute approximate surface area is 114 Å². The van der Waals surface area contributed by atoms with Gasteiger partial charge in [-0.15, -0.1) is 0 Å². The van der Waals surface area contributed by atoms with Crippen LogP contribution >= 0.6 is 11.6 Å². The zero-order valence-electron chi connectivity index (χ0n) is 10.5. The molecule has 0 spiro atoms. The van der Waals surface area contributed by atoms with Gasteiger partial charge in [-0.2, -0.15) is 0 Å². The molecule has 0 aliphatic rings. The number of hydrogen-bond acceptors (Lipinski definition) is 4. The third-order valence-electron chi connectivity index (χ3n) is 2.62. The van der Waals surface area contributed by atoms with E-state index in [0.29, 0.717) is 23.4 Å². The fourth-order valence-corrected chi connectivity index (χ4v) is 1.76. The summed E-state index contributed by atoms with van der Waals surface area (Å²) >= 11 is 5.64. The maximum atomic E-state index is 13.9. The lowest BCUT2D eigenvalue weighted by atomic mass is 10.2. The number of fused-ring (bicyclic) bond motifs is 1. The molecular formula is C12H13ClF2N4. The van der Waals surface area contributed by atoms with E-state index < -0.39 is 18.5 Å². The van der Waals surface area contributed by atoms with Crippen LogP contribution in [0.4, 0.5) is 14.6 Å². The molecule has 0 amide bonds. The highest BCUT2D eigenvalue weighted by Gasteiger charge is 2.15. The Morgan fingerprint density at radius 2 is 2.16 bits per heavy atom. The average Bonchev–Trinajstić information content (AvgIpc) is 2.42. The van der Waals surface area contributed by atoms with E-state index in [1.54, 1.807) is 6.92 Å². The minimum Gasteiger partial charge on any atom is -0.364 e. The van der Waals surface area contributed by atoms with Gasteiger partial charge in [-0.25, -0.2) is 23.7 Å². The third kappa shape index (κ3) is 2.73. The fourth-order valence-electron chi connectivity index (χ4n) is 1.62. The number of aromatic nitrogens is 3. The Morgan fingerprint density at radius 3 is 2.79 bits per heavy atom. The molecule has 102 valence electrons. The van der Waals surface area contributed by atoms with Gasteiger partial charge in [0.2, 0.25) is 0 Å². The van der Waals surface area contributed by atoms with Crippen LogP contribution in [0.1, 0.15) is 19.7 Å². The van der Waals surface area contributed by atoms with Crippen LogP contribution in [0.15, 0.2) is 6.20 Å². The first-order valence-electron chi connectivity index (χ1n) is 5.90. The Hall–Kier alpha value is -1.56. The molecule has 2 aromatic heterocycles. The summed E-state index contributed by atoms with van der Waals surface area (Å²) in [5.74, 6) is 0.143. The largest absolute Gasteiger partial charge is 0.364 e. The van der Waals surface area contributed by atoms with Gasteiger partial charge in [0.25, 0.3) is 0 Å². The molecule has 0 bridgehead atoms. The van der Waals surface area contributed by atoms with Crippen molar-refractivity contribution in [2.24, 2.45) is 0 Å². The molecule has 7 heteroatoms. The highest BCUT2D eigenvalue weighted by molar-refractivity contribution is 6.30. The van der Waals surface area contributed by atoms with Crippen LogP contribution in [-0.4, -0.2) is 27.7 Å². The second kappa shape index (κ2) is 5.61. The molecule has 19 heavy (non-hydrogen) atoms. The predicted octanol–water partition coefficient (Wildman–Crippen LogP) is 3.15. The van der Waals surface area contributed by atoms with Crippen LogP contribution in [-0.2, 0) is 6.42 Å². The summed E-state index contributed by atoms with van der Waals surface area (Å²) < 4.78 is 26.5. The number of anilines is 1. The molecule has 2 rings (SSSR count). The number of nitrogens with zero attached hydrogens (tertiary/aromatic N) is 3. The summed E-state index contributed by atoms with van der Waals surface area (Å²) in [6, 6.07) is -0.429. The molecule has 0 radical (unpaired) electrons. The highest BCUT2D eigenvalue weighted by atomic mass is 35.5. The lowest BCUT2D eigenvalue weighted by Crippen LogP contribution is -2.19. The van der Waals surface area contributed by atoms with E-state index in [1.807, 2.05) is 6.92 Å². The molecule has 1 atom stereocenters. The second-order valence-electron chi connectivity index (χ2n) is 4.17. The number of pyridine rings is 1. The molecule has 0 fully saturated rings. The lowest BCUT2D eigenvalue weighted by Gasteiger charge is -2.14. The van der Waals surface area contributed by atoms with E-state index in [9.17, 15) is 8.78 Å². The van der Waals surface area contributed by atoms with Gasteiger partial charge in [0.15, 0.2) is 11.0 Å². The van der Waals surface area contributed by atoms with E-state index in [2.05, 4.69) is 20.3 Å². The highest BCUT2D eigenvalue weighted by Crippen LogP contribution is 2.26. The first kappa shape index (κ1) is 13.9. The average molecular weight is 287 g/mol. The van der Waals surface area contributed by atoms with Crippen molar-refractivity contribution < 1.29 is 8.78 Å². The van der Waals surface area contributed by atoms with Crippen molar-refractivity contribution in [3.8, 4) is 0 Å². The fraction of sp³-hybridized carbons (Fsp3) is 0.417. The minimum atomic E-state index is -0.688. The van der Waals surface area contributed by atoms with E-state index in [1.165, 1.54) is 6.20 Å². The monoisotopic (exact) mass is 286 g/mol. The minimum absolute atomic E-state index is 0.0976. The Balaban J connectivity index is 2.64. The zero-order chi connectivity index (χ0) is 14.0. The van der Waals surface area contributed by atoms with Crippen molar-refractivity contribution in [2.75, 3.05) is 12.0 Å². The van der Waals surface area contributed by atoms with E-state index in [-0.39, 0.29) is 10.7 Å². The molecule has 0 aliphatic heterocycles. The summed E-state index contributed by atoms with van der Waals surface area (Å²) in [5.41, 5.74) is 0.0976. The number of hydrogen-bond donors (Lipinski definition) is 1. The first-order chi connectivity index (χ1) is 9.06. The molecule has 0 aliphatic carbocycles. The Morgan fingerprint density at radius 1 is 1.42 bits per heavy atom. The zero-order valence-corrected chi connectivity index (χ0v) is 11.3. The van der Waals surface area contributed by atoms with Gasteiger partial charge in [-0.3, -0.25) is 0 Å². The third-order valence-corrected chi connectivity index (χ3v) is 2.88. The molecule has 1 unspecified atom stereocenters. The molecule has 2 aromatic rings. The van der Waals surface area contributed by atoms with Gasteiger partial charge in [0, 0.05) is 12.6 Å². The van der Waals surface area contributed by atoms with Gasteiger partial charge in [-0.05, 0) is 6.92 Å². The molecule has 2 heterocycles. The van der Waals surface area contributed by atoms with Crippen LogP contribution in [0.5, 0.6) is 0 Å². The van der Waals surface area contributed by atoms with E-state index in [4.69, 9.17) is 11.6 Å². The maximum absolute atomic E-state index is 13.9. The number of rotatable bonds is 4. The van der Waals surface area contributed by atoms with E-state index >= 15 is 0 Å². The Kier molecular flexibility index (Phi) is 4.09. The normalized spacial score (nSPS) is 12.7. The number of alkyl halides is 1. The van der Waals surface area contributed by atoms with Gasteiger partial charge in [0.05, 0.1) is 11.4 Å². The molecule has 0 aromatic carbocycles. The summed E-state index contributed by atoms with van der Waals surface area (Å²) in [7, 11) is 0. The number of nitrogens with one attached hydrogen (secondary N) is 1. The van der Waals surface area contributed by atoms with Gasteiger partial charge >= 0.3 is 0 Å². The Bertz CT molecular complexity index is 606. The lowest BCUT2D eigenvalue weighted by molar-refractivity contribution is 0.459. The van der Waals surface area contributed by atoms with Crippen LogP contribution < -0.4 is 5.32 Å². The summed E-state index contributed by atoms with van der Waals surface area (Å²) in [4.78, 5) is 12.1. The van der Waals surface area contributed by atoms with Gasteiger partial charge in [0.1, 0.15) is 23.8 Å². The van der Waals surface area contributed by atoms with Crippen LogP contribution in [0.2, 0.25) is 5.15 Å².